The van der Waals surface area contributed by atoms with E-state index in [0.717, 1.165) is 24.5 Å². The van der Waals surface area contributed by atoms with Crippen molar-refractivity contribution in [3.05, 3.63) is 42.1 Å². The molecule has 0 amide bonds. The summed E-state index contributed by atoms with van der Waals surface area (Å²) in [6.45, 7) is 3.96. The van der Waals surface area contributed by atoms with E-state index in [0.29, 0.717) is 17.4 Å². The second-order valence-electron chi connectivity index (χ2n) is 4.36. The fraction of sp³-hybridized carbons (Fsp3) is 0.267. The monoisotopic (exact) mass is 272 g/mol. The summed E-state index contributed by atoms with van der Waals surface area (Å²) in [4.78, 5) is 4.44. The van der Waals surface area contributed by atoms with E-state index in [1.54, 1.807) is 6.07 Å². The Morgan fingerprint density at radius 3 is 3.00 bits per heavy atom. The Morgan fingerprint density at radius 2 is 2.10 bits per heavy atom. The van der Waals surface area contributed by atoms with Gasteiger partial charge in [-0.25, -0.2) is 4.98 Å². The van der Waals surface area contributed by atoms with E-state index < -0.39 is 0 Å². The summed E-state index contributed by atoms with van der Waals surface area (Å²) in [5.74, 6) is 2.69. The van der Waals surface area contributed by atoms with E-state index in [1.807, 2.05) is 30.3 Å². The molecule has 0 fully saturated rings. The van der Waals surface area contributed by atoms with Gasteiger partial charge < -0.3 is 19.5 Å². The maximum Gasteiger partial charge on any atom is 0.231 e. The van der Waals surface area contributed by atoms with Gasteiger partial charge in [0.25, 0.3) is 0 Å². The third-order valence-electron chi connectivity index (χ3n) is 2.90. The number of rotatable bonds is 5. The average molecular weight is 272 g/mol. The van der Waals surface area contributed by atoms with Gasteiger partial charge in [-0.15, -0.1) is 0 Å². The molecular formula is C15H16N2O3. The molecule has 5 heteroatoms. The van der Waals surface area contributed by atoms with Crippen LogP contribution in [0.5, 0.6) is 23.1 Å². The molecule has 0 spiro atoms. The highest BCUT2D eigenvalue weighted by atomic mass is 16.7. The maximum absolute atomic E-state index is 5.75. The van der Waals surface area contributed by atoms with Gasteiger partial charge in [-0.1, -0.05) is 13.0 Å². The molecule has 0 aliphatic carbocycles. The van der Waals surface area contributed by atoms with Crippen LogP contribution in [-0.4, -0.2) is 18.3 Å². The van der Waals surface area contributed by atoms with Crippen molar-refractivity contribution < 1.29 is 14.2 Å². The van der Waals surface area contributed by atoms with Gasteiger partial charge >= 0.3 is 0 Å². The highest BCUT2D eigenvalue weighted by Crippen LogP contribution is 2.36. The van der Waals surface area contributed by atoms with Crippen molar-refractivity contribution >= 4 is 0 Å². The van der Waals surface area contributed by atoms with E-state index in [1.165, 1.54) is 0 Å². The molecule has 2 aromatic rings. The highest BCUT2D eigenvalue weighted by Gasteiger charge is 2.14. The Bertz CT molecular complexity index is 601. The van der Waals surface area contributed by atoms with E-state index in [9.17, 15) is 0 Å². The fourth-order valence-corrected chi connectivity index (χ4v) is 1.93. The zero-order valence-electron chi connectivity index (χ0n) is 11.3. The number of pyridine rings is 1. The first-order valence-electron chi connectivity index (χ1n) is 6.59. The van der Waals surface area contributed by atoms with Gasteiger partial charge in [-0.05, 0) is 24.7 Å². The number of nitrogens with zero attached hydrogens (tertiary/aromatic N) is 1. The van der Waals surface area contributed by atoms with Crippen molar-refractivity contribution in [2.75, 3.05) is 13.3 Å². The summed E-state index contributed by atoms with van der Waals surface area (Å²) >= 11 is 0. The van der Waals surface area contributed by atoms with Crippen LogP contribution in [0.3, 0.4) is 0 Å². The van der Waals surface area contributed by atoms with Crippen molar-refractivity contribution in [3.8, 4) is 23.1 Å². The van der Waals surface area contributed by atoms with Gasteiger partial charge in [0.1, 0.15) is 5.75 Å². The number of fused-ring (bicyclic) bond motifs is 1. The van der Waals surface area contributed by atoms with Crippen LogP contribution in [0.2, 0.25) is 0 Å². The van der Waals surface area contributed by atoms with Gasteiger partial charge in [-0.2, -0.15) is 0 Å². The standard InChI is InChI=1S/C15H16N2O3/c1-2-16-9-11-4-3-5-15(17-11)20-12-6-7-13-14(8-12)19-10-18-13/h3-8,16H,2,9-10H2,1H3. The predicted octanol–water partition coefficient (Wildman–Crippen LogP) is 2.71. The zero-order valence-corrected chi connectivity index (χ0v) is 11.3. The Hall–Kier alpha value is -2.27. The predicted molar refractivity (Wildman–Crippen MR) is 74.3 cm³/mol. The van der Waals surface area contributed by atoms with Crippen LogP contribution >= 0.6 is 0 Å². The summed E-state index contributed by atoms with van der Waals surface area (Å²) in [7, 11) is 0. The lowest BCUT2D eigenvalue weighted by Gasteiger charge is -2.07. The van der Waals surface area contributed by atoms with Crippen LogP contribution in [0.4, 0.5) is 0 Å². The molecule has 0 unspecified atom stereocenters. The fourth-order valence-electron chi connectivity index (χ4n) is 1.93. The average Bonchev–Trinajstić information content (AvgIpc) is 2.93. The molecule has 3 rings (SSSR count). The third kappa shape index (κ3) is 2.83. The number of benzene rings is 1. The normalized spacial score (nSPS) is 12.4. The number of hydrogen-bond donors (Lipinski definition) is 1. The summed E-state index contributed by atoms with van der Waals surface area (Å²) < 4.78 is 16.3. The minimum absolute atomic E-state index is 0.259. The molecule has 0 saturated carbocycles. The second-order valence-corrected chi connectivity index (χ2v) is 4.36. The van der Waals surface area contributed by atoms with Crippen molar-refractivity contribution in [1.29, 1.82) is 0 Å². The SMILES string of the molecule is CCNCc1cccc(Oc2ccc3c(c2)OCO3)n1. The maximum atomic E-state index is 5.75. The molecule has 1 aliphatic rings. The van der Waals surface area contributed by atoms with E-state index in [4.69, 9.17) is 14.2 Å². The first-order chi connectivity index (χ1) is 9.85. The van der Waals surface area contributed by atoms with E-state index in [2.05, 4.69) is 17.2 Å². The molecule has 0 bridgehead atoms. The van der Waals surface area contributed by atoms with Gasteiger partial charge in [0.2, 0.25) is 12.7 Å². The topological polar surface area (TPSA) is 52.6 Å². The first-order valence-corrected chi connectivity index (χ1v) is 6.59. The Balaban J connectivity index is 1.74. The first kappa shape index (κ1) is 12.7. The second kappa shape index (κ2) is 5.79. The molecule has 1 aromatic carbocycles. The van der Waals surface area contributed by atoms with Crippen LogP contribution in [0.25, 0.3) is 0 Å². The summed E-state index contributed by atoms with van der Waals surface area (Å²) in [5, 5.41) is 3.24. The quantitative estimate of drug-likeness (QED) is 0.907. The minimum atomic E-state index is 0.259. The largest absolute Gasteiger partial charge is 0.454 e. The van der Waals surface area contributed by atoms with Crippen LogP contribution in [0.15, 0.2) is 36.4 Å². The molecule has 2 heterocycles. The van der Waals surface area contributed by atoms with Crippen molar-refractivity contribution in [1.82, 2.24) is 10.3 Å². The van der Waals surface area contributed by atoms with Crippen molar-refractivity contribution in [3.63, 3.8) is 0 Å². The third-order valence-corrected chi connectivity index (χ3v) is 2.90. The van der Waals surface area contributed by atoms with Gasteiger partial charge in [0.15, 0.2) is 11.5 Å². The van der Waals surface area contributed by atoms with Crippen molar-refractivity contribution in [2.45, 2.75) is 13.5 Å². The molecule has 1 aromatic heterocycles. The Labute approximate surface area is 117 Å². The summed E-state index contributed by atoms with van der Waals surface area (Å²) in [6, 6.07) is 11.2. The number of ether oxygens (including phenoxy) is 3. The summed E-state index contributed by atoms with van der Waals surface area (Å²) in [6.07, 6.45) is 0. The Morgan fingerprint density at radius 1 is 1.20 bits per heavy atom. The lowest BCUT2D eigenvalue weighted by Crippen LogP contribution is -2.12. The lowest BCUT2D eigenvalue weighted by atomic mass is 10.3. The molecule has 1 aliphatic heterocycles. The molecule has 0 atom stereocenters. The minimum Gasteiger partial charge on any atom is -0.454 e. The van der Waals surface area contributed by atoms with Gasteiger partial charge in [-0.3, -0.25) is 0 Å². The van der Waals surface area contributed by atoms with Crippen LogP contribution in [0.1, 0.15) is 12.6 Å². The van der Waals surface area contributed by atoms with Crippen molar-refractivity contribution in [2.24, 2.45) is 0 Å². The van der Waals surface area contributed by atoms with Gasteiger partial charge in [0, 0.05) is 18.7 Å². The van der Waals surface area contributed by atoms with E-state index >= 15 is 0 Å². The molecular weight excluding hydrogens is 256 g/mol. The van der Waals surface area contributed by atoms with E-state index in [-0.39, 0.29) is 6.79 Å². The van der Waals surface area contributed by atoms with Crippen LogP contribution in [-0.2, 0) is 6.54 Å². The summed E-state index contributed by atoms with van der Waals surface area (Å²) in [5.41, 5.74) is 0.949. The zero-order chi connectivity index (χ0) is 13.8. The molecule has 104 valence electrons. The van der Waals surface area contributed by atoms with Crippen LogP contribution < -0.4 is 19.5 Å². The van der Waals surface area contributed by atoms with Gasteiger partial charge in [0.05, 0.1) is 5.69 Å². The smallest absolute Gasteiger partial charge is 0.231 e. The molecule has 0 radical (unpaired) electrons. The highest BCUT2D eigenvalue weighted by molar-refractivity contribution is 5.47. The number of aromatic nitrogens is 1. The lowest BCUT2D eigenvalue weighted by molar-refractivity contribution is 0.174. The molecule has 1 N–H and O–H groups in total. The molecule has 5 nitrogen and oxygen atoms in total. The molecule has 0 saturated heterocycles. The van der Waals surface area contributed by atoms with Crippen LogP contribution in [0, 0.1) is 0 Å². The number of hydrogen-bond acceptors (Lipinski definition) is 5. The Kier molecular flexibility index (Phi) is 3.69. The molecule has 20 heavy (non-hydrogen) atoms. The number of nitrogens with one attached hydrogen (secondary N) is 1.